The highest BCUT2D eigenvalue weighted by Gasteiger charge is 2.63. The van der Waals surface area contributed by atoms with E-state index < -0.39 is 11.3 Å². The van der Waals surface area contributed by atoms with Gasteiger partial charge in [-0.3, -0.25) is 4.79 Å². The van der Waals surface area contributed by atoms with Crippen molar-refractivity contribution in [1.29, 1.82) is 0 Å². The fourth-order valence-corrected chi connectivity index (χ4v) is 4.93. The van der Waals surface area contributed by atoms with Crippen molar-refractivity contribution in [3.63, 3.8) is 0 Å². The molecular weight excluding hydrogens is 292 g/mol. The van der Waals surface area contributed by atoms with Gasteiger partial charge in [0.25, 0.3) is 5.91 Å². The molecule has 0 radical (unpaired) electrons. The Morgan fingerprint density at radius 1 is 1.13 bits per heavy atom. The highest BCUT2D eigenvalue weighted by molar-refractivity contribution is 5.88. The summed E-state index contributed by atoms with van der Waals surface area (Å²) in [5, 5.41) is 3.70. The second-order valence-corrected chi connectivity index (χ2v) is 8.87. The van der Waals surface area contributed by atoms with Crippen molar-refractivity contribution in [2.45, 2.75) is 95.7 Å². The average Bonchev–Trinajstić information content (AvgIpc) is 3.18. The Morgan fingerprint density at radius 3 is 2.09 bits per heavy atom. The first kappa shape index (κ1) is 17.2. The van der Waals surface area contributed by atoms with E-state index in [2.05, 4.69) is 46.9 Å². The van der Waals surface area contributed by atoms with Gasteiger partial charge in [0.1, 0.15) is 11.3 Å². The van der Waals surface area contributed by atoms with Crippen molar-refractivity contribution in [2.24, 2.45) is 0 Å². The molecule has 1 atom stereocenters. The molecule has 0 aromatic heterocycles. The van der Waals surface area contributed by atoms with Crippen molar-refractivity contribution in [3.05, 3.63) is 0 Å². The minimum absolute atomic E-state index is 0.0811. The molecule has 0 aromatic carbocycles. The summed E-state index contributed by atoms with van der Waals surface area (Å²) in [5.41, 5.74) is -1.35. The molecule has 1 unspecified atom stereocenters. The van der Waals surface area contributed by atoms with E-state index >= 15 is 0 Å². The maximum absolute atomic E-state index is 13.3. The number of rotatable bonds is 4. The number of carbonyl (C=O) groups is 1. The second kappa shape index (κ2) is 5.17. The number of hydrogen-bond acceptors (Lipinski definition) is 4. The van der Waals surface area contributed by atoms with Gasteiger partial charge in [0, 0.05) is 23.9 Å². The molecule has 1 spiro atoms. The van der Waals surface area contributed by atoms with E-state index in [9.17, 15) is 4.79 Å². The van der Waals surface area contributed by atoms with Crippen molar-refractivity contribution < 1.29 is 14.3 Å². The summed E-state index contributed by atoms with van der Waals surface area (Å²) in [4.78, 5) is 15.3. The Kier molecular flexibility index (Phi) is 3.86. The highest BCUT2D eigenvalue weighted by Crippen LogP contribution is 2.50. The third kappa shape index (κ3) is 2.92. The van der Waals surface area contributed by atoms with Gasteiger partial charge >= 0.3 is 0 Å². The van der Waals surface area contributed by atoms with E-state index in [0.29, 0.717) is 6.54 Å². The standard InChI is InChI=1S/C18H32N2O3/c1-7-17(8-2)14(21)20(9-13-10-22-13)18(23-17)11-15(3,4)19-16(5,6)12-18/h13,19H,7-12H2,1-6H3. The van der Waals surface area contributed by atoms with Crippen LogP contribution in [0.4, 0.5) is 0 Å². The van der Waals surface area contributed by atoms with Crippen LogP contribution in [0.5, 0.6) is 0 Å². The summed E-state index contributed by atoms with van der Waals surface area (Å²) in [5.74, 6) is 0.159. The largest absolute Gasteiger partial charge is 0.371 e. The number of ether oxygens (including phenoxy) is 2. The highest BCUT2D eigenvalue weighted by atomic mass is 16.6. The number of carbonyl (C=O) groups excluding carboxylic acids is 1. The molecule has 3 aliphatic heterocycles. The number of hydrogen-bond donors (Lipinski definition) is 1. The van der Waals surface area contributed by atoms with Gasteiger partial charge in [-0.05, 0) is 40.5 Å². The first-order valence-corrected chi connectivity index (χ1v) is 9.00. The van der Waals surface area contributed by atoms with Crippen molar-refractivity contribution in [2.75, 3.05) is 13.2 Å². The minimum atomic E-state index is -0.668. The molecule has 0 aliphatic carbocycles. The molecule has 0 bridgehead atoms. The van der Waals surface area contributed by atoms with E-state index in [1.54, 1.807) is 0 Å². The maximum atomic E-state index is 13.3. The average molecular weight is 324 g/mol. The second-order valence-electron chi connectivity index (χ2n) is 8.87. The molecule has 3 fully saturated rings. The predicted octanol–water partition coefficient (Wildman–Crippen LogP) is 2.44. The van der Waals surface area contributed by atoms with Crippen LogP contribution >= 0.6 is 0 Å². The topological polar surface area (TPSA) is 54.1 Å². The first-order valence-electron chi connectivity index (χ1n) is 9.00. The number of epoxide rings is 1. The summed E-state index contributed by atoms with van der Waals surface area (Å²) < 4.78 is 12.1. The SMILES string of the molecule is CCC1(CC)OC2(CC(C)(C)NC(C)(C)C2)N(CC2CO2)C1=O. The Morgan fingerprint density at radius 2 is 1.65 bits per heavy atom. The maximum Gasteiger partial charge on any atom is 0.257 e. The van der Waals surface area contributed by atoms with Crippen LogP contribution in [0, 0.1) is 0 Å². The molecule has 3 rings (SSSR count). The molecular formula is C18H32N2O3. The fourth-order valence-electron chi connectivity index (χ4n) is 4.93. The van der Waals surface area contributed by atoms with E-state index in [-0.39, 0.29) is 23.1 Å². The number of nitrogens with one attached hydrogen (secondary N) is 1. The van der Waals surface area contributed by atoms with Gasteiger partial charge in [-0.2, -0.15) is 0 Å². The van der Waals surface area contributed by atoms with Crippen molar-refractivity contribution in [1.82, 2.24) is 10.2 Å². The van der Waals surface area contributed by atoms with Gasteiger partial charge < -0.3 is 19.7 Å². The third-order valence-corrected chi connectivity index (χ3v) is 5.56. The Labute approximate surface area is 140 Å². The lowest BCUT2D eigenvalue weighted by molar-refractivity contribution is -0.186. The quantitative estimate of drug-likeness (QED) is 0.807. The molecule has 3 aliphatic rings. The van der Waals surface area contributed by atoms with Crippen LogP contribution < -0.4 is 5.32 Å². The van der Waals surface area contributed by atoms with Gasteiger partial charge in [0.2, 0.25) is 0 Å². The van der Waals surface area contributed by atoms with Crippen molar-refractivity contribution in [3.8, 4) is 0 Å². The molecule has 132 valence electrons. The molecule has 5 nitrogen and oxygen atoms in total. The lowest BCUT2D eigenvalue weighted by Gasteiger charge is -2.53. The minimum Gasteiger partial charge on any atom is -0.371 e. The lowest BCUT2D eigenvalue weighted by Crippen LogP contribution is -2.67. The van der Waals surface area contributed by atoms with Crippen LogP contribution in [0.1, 0.15) is 67.2 Å². The van der Waals surface area contributed by atoms with Gasteiger partial charge in [-0.15, -0.1) is 0 Å². The van der Waals surface area contributed by atoms with E-state index in [1.807, 2.05) is 4.90 Å². The predicted molar refractivity (Wildman–Crippen MR) is 89.1 cm³/mol. The van der Waals surface area contributed by atoms with E-state index in [1.165, 1.54) is 0 Å². The molecule has 1 N–H and O–H groups in total. The lowest BCUT2D eigenvalue weighted by atomic mass is 9.76. The van der Waals surface area contributed by atoms with Gasteiger partial charge in [0.05, 0.1) is 19.3 Å². The Balaban J connectivity index is 2.01. The molecule has 23 heavy (non-hydrogen) atoms. The van der Waals surface area contributed by atoms with Crippen molar-refractivity contribution >= 4 is 5.91 Å². The summed E-state index contributed by atoms with van der Waals surface area (Å²) in [6.07, 6.45) is 3.25. The molecule has 0 aromatic rings. The molecule has 5 heteroatoms. The first-order chi connectivity index (χ1) is 10.6. The molecule has 3 saturated heterocycles. The zero-order chi connectivity index (χ0) is 17.1. The number of piperidine rings is 1. The normalized spacial score (nSPS) is 33.2. The van der Waals surface area contributed by atoms with Gasteiger partial charge in [-0.25, -0.2) is 0 Å². The monoisotopic (exact) mass is 324 g/mol. The third-order valence-electron chi connectivity index (χ3n) is 5.56. The Bertz CT molecular complexity index is 476. The number of nitrogens with zero attached hydrogens (tertiary/aromatic N) is 1. The zero-order valence-corrected chi connectivity index (χ0v) is 15.5. The van der Waals surface area contributed by atoms with Crippen LogP contribution in [-0.2, 0) is 14.3 Å². The van der Waals surface area contributed by atoms with Crippen LogP contribution in [0.2, 0.25) is 0 Å². The molecule has 3 heterocycles. The molecule has 0 saturated carbocycles. The fraction of sp³-hybridized carbons (Fsp3) is 0.944. The Hall–Kier alpha value is -0.650. The van der Waals surface area contributed by atoms with Crippen LogP contribution in [0.25, 0.3) is 0 Å². The summed E-state index contributed by atoms with van der Waals surface area (Å²) in [6.45, 7) is 14.3. The summed E-state index contributed by atoms with van der Waals surface area (Å²) >= 11 is 0. The number of amides is 1. The smallest absolute Gasteiger partial charge is 0.257 e. The van der Waals surface area contributed by atoms with E-state index in [4.69, 9.17) is 9.47 Å². The van der Waals surface area contributed by atoms with E-state index in [0.717, 1.165) is 32.3 Å². The van der Waals surface area contributed by atoms with Crippen LogP contribution in [0.15, 0.2) is 0 Å². The summed E-state index contributed by atoms with van der Waals surface area (Å²) in [6, 6.07) is 0. The van der Waals surface area contributed by atoms with Crippen LogP contribution in [0.3, 0.4) is 0 Å². The van der Waals surface area contributed by atoms with Crippen LogP contribution in [-0.4, -0.2) is 52.5 Å². The zero-order valence-electron chi connectivity index (χ0n) is 15.5. The van der Waals surface area contributed by atoms with Gasteiger partial charge in [-0.1, -0.05) is 13.8 Å². The molecule has 1 amide bonds. The summed E-state index contributed by atoms with van der Waals surface area (Å²) in [7, 11) is 0. The van der Waals surface area contributed by atoms with Gasteiger partial charge in [0.15, 0.2) is 0 Å².